The minimum atomic E-state index is -0.212. The number of rotatable bonds is 2. The highest BCUT2D eigenvalue weighted by molar-refractivity contribution is 5.89. The number of hydrogen-bond acceptors (Lipinski definition) is 3. The van der Waals surface area contributed by atoms with Gasteiger partial charge in [0.05, 0.1) is 5.56 Å². The van der Waals surface area contributed by atoms with Crippen LogP contribution in [0, 0.1) is 5.92 Å². The van der Waals surface area contributed by atoms with E-state index in [0.717, 1.165) is 13.0 Å². The summed E-state index contributed by atoms with van der Waals surface area (Å²) >= 11 is 0. The molecule has 1 aromatic carbocycles. The lowest BCUT2D eigenvalue weighted by Crippen LogP contribution is -2.45. The molecule has 1 heterocycles. The second kappa shape index (κ2) is 5.32. The Bertz CT molecular complexity index is 377. The van der Waals surface area contributed by atoms with Gasteiger partial charge in [0.2, 0.25) is 0 Å². The van der Waals surface area contributed by atoms with Crippen molar-refractivity contribution in [2.75, 3.05) is 6.54 Å². The van der Waals surface area contributed by atoms with Crippen LogP contribution in [0.3, 0.4) is 0 Å². The fourth-order valence-electron chi connectivity index (χ4n) is 2.13. The highest BCUT2D eigenvalue weighted by Gasteiger charge is 2.28. The summed E-state index contributed by atoms with van der Waals surface area (Å²) in [7, 11) is 0. The van der Waals surface area contributed by atoms with Gasteiger partial charge in [0.1, 0.15) is 6.10 Å². The fraction of sp³-hybridized carbons (Fsp3) is 0.500. The maximum Gasteiger partial charge on any atom is 0.338 e. The van der Waals surface area contributed by atoms with E-state index < -0.39 is 0 Å². The van der Waals surface area contributed by atoms with E-state index in [1.165, 1.54) is 0 Å². The second-order valence-corrected chi connectivity index (χ2v) is 4.83. The molecule has 0 saturated carbocycles. The van der Waals surface area contributed by atoms with Gasteiger partial charge < -0.3 is 10.1 Å². The van der Waals surface area contributed by atoms with E-state index in [1.54, 1.807) is 12.1 Å². The van der Waals surface area contributed by atoms with Gasteiger partial charge in [-0.3, -0.25) is 0 Å². The first-order chi connectivity index (χ1) is 8.16. The smallest absolute Gasteiger partial charge is 0.338 e. The first-order valence-electron chi connectivity index (χ1n) is 6.16. The lowest BCUT2D eigenvalue weighted by atomic mass is 9.93. The van der Waals surface area contributed by atoms with Gasteiger partial charge in [0.15, 0.2) is 0 Å². The third kappa shape index (κ3) is 3.07. The Hall–Kier alpha value is -1.35. The van der Waals surface area contributed by atoms with E-state index in [-0.39, 0.29) is 12.1 Å². The number of carbonyl (C=O) groups is 1. The predicted molar refractivity (Wildman–Crippen MR) is 66.9 cm³/mol. The van der Waals surface area contributed by atoms with Crippen LogP contribution in [0.15, 0.2) is 30.3 Å². The van der Waals surface area contributed by atoms with Crippen molar-refractivity contribution in [1.29, 1.82) is 0 Å². The van der Waals surface area contributed by atoms with Crippen LogP contribution in [-0.4, -0.2) is 24.7 Å². The third-order valence-corrected chi connectivity index (χ3v) is 3.28. The lowest BCUT2D eigenvalue weighted by molar-refractivity contribution is 0.00287. The summed E-state index contributed by atoms with van der Waals surface area (Å²) in [5, 5.41) is 3.38. The molecule has 0 unspecified atom stereocenters. The number of ether oxygens (including phenoxy) is 1. The van der Waals surface area contributed by atoms with Gasteiger partial charge in [-0.1, -0.05) is 25.1 Å². The topological polar surface area (TPSA) is 38.3 Å². The van der Waals surface area contributed by atoms with Gasteiger partial charge in [-0.15, -0.1) is 0 Å². The van der Waals surface area contributed by atoms with Crippen molar-refractivity contribution in [3.05, 3.63) is 35.9 Å². The van der Waals surface area contributed by atoms with Crippen LogP contribution in [0.5, 0.6) is 0 Å². The Morgan fingerprint density at radius 2 is 2.00 bits per heavy atom. The highest BCUT2D eigenvalue weighted by Crippen LogP contribution is 2.19. The number of esters is 1. The molecule has 92 valence electrons. The molecule has 1 aliphatic heterocycles. The van der Waals surface area contributed by atoms with E-state index >= 15 is 0 Å². The van der Waals surface area contributed by atoms with Gasteiger partial charge in [0.25, 0.3) is 0 Å². The molecule has 1 saturated heterocycles. The van der Waals surface area contributed by atoms with Crippen molar-refractivity contribution < 1.29 is 9.53 Å². The molecule has 2 rings (SSSR count). The van der Waals surface area contributed by atoms with E-state index in [9.17, 15) is 4.79 Å². The molecular formula is C14H19NO2. The molecule has 0 aromatic heterocycles. The number of hydrogen-bond donors (Lipinski definition) is 1. The van der Waals surface area contributed by atoms with Crippen LogP contribution in [0.2, 0.25) is 0 Å². The number of benzene rings is 1. The van der Waals surface area contributed by atoms with Crippen LogP contribution >= 0.6 is 0 Å². The second-order valence-electron chi connectivity index (χ2n) is 4.83. The minimum Gasteiger partial charge on any atom is -0.458 e. The minimum absolute atomic E-state index is 0.0268. The molecule has 0 spiro atoms. The largest absolute Gasteiger partial charge is 0.458 e. The summed E-state index contributed by atoms with van der Waals surface area (Å²) in [4.78, 5) is 11.9. The van der Waals surface area contributed by atoms with Crippen molar-refractivity contribution in [2.45, 2.75) is 32.4 Å². The summed E-state index contributed by atoms with van der Waals surface area (Å²) in [5.74, 6) is 0.162. The van der Waals surface area contributed by atoms with Crippen LogP contribution in [0.25, 0.3) is 0 Å². The van der Waals surface area contributed by atoms with Crippen LogP contribution < -0.4 is 5.32 Å². The van der Waals surface area contributed by atoms with E-state index in [0.29, 0.717) is 17.5 Å². The van der Waals surface area contributed by atoms with Crippen molar-refractivity contribution in [3.63, 3.8) is 0 Å². The number of nitrogens with one attached hydrogen (secondary N) is 1. The summed E-state index contributed by atoms with van der Waals surface area (Å²) in [6.07, 6.45) is 0.915. The first-order valence-corrected chi connectivity index (χ1v) is 6.16. The molecule has 1 N–H and O–H groups in total. The predicted octanol–water partition coefficient (Wildman–Crippen LogP) is 2.23. The van der Waals surface area contributed by atoms with Gasteiger partial charge in [-0.05, 0) is 25.5 Å². The molecule has 1 aliphatic rings. The highest BCUT2D eigenvalue weighted by atomic mass is 16.5. The average Bonchev–Trinajstić information content (AvgIpc) is 2.35. The Labute approximate surface area is 102 Å². The van der Waals surface area contributed by atoms with Gasteiger partial charge >= 0.3 is 5.97 Å². The molecule has 3 atom stereocenters. The summed E-state index contributed by atoms with van der Waals surface area (Å²) in [5.41, 5.74) is 0.630. The molecule has 17 heavy (non-hydrogen) atoms. The van der Waals surface area contributed by atoms with Crippen LogP contribution in [0.4, 0.5) is 0 Å². The number of carbonyl (C=O) groups excluding carboxylic acids is 1. The van der Waals surface area contributed by atoms with Crippen molar-refractivity contribution in [1.82, 2.24) is 5.32 Å². The van der Waals surface area contributed by atoms with E-state index in [4.69, 9.17) is 4.74 Å². The molecule has 0 aliphatic carbocycles. The summed E-state index contributed by atoms with van der Waals surface area (Å²) < 4.78 is 5.58. The Morgan fingerprint density at radius 1 is 1.29 bits per heavy atom. The maximum atomic E-state index is 11.9. The molecule has 1 aromatic rings. The molecule has 0 radical (unpaired) electrons. The van der Waals surface area contributed by atoms with Gasteiger partial charge in [-0.2, -0.15) is 0 Å². The zero-order valence-electron chi connectivity index (χ0n) is 10.3. The summed E-state index contributed by atoms with van der Waals surface area (Å²) in [6.45, 7) is 5.14. The molecule has 3 heteroatoms. The molecule has 0 amide bonds. The Morgan fingerprint density at radius 3 is 2.71 bits per heavy atom. The SMILES string of the molecule is C[C@@H]1CN[C@@H](C)C[C@H]1OC(=O)c1ccccc1. The molecule has 1 fully saturated rings. The van der Waals surface area contributed by atoms with Gasteiger partial charge in [-0.25, -0.2) is 4.79 Å². The standard InChI is InChI=1S/C14H19NO2/c1-10-9-15-11(2)8-13(10)17-14(16)12-6-4-3-5-7-12/h3-7,10-11,13,15H,8-9H2,1-2H3/t10-,11+,13-/m1/s1. The fourth-order valence-corrected chi connectivity index (χ4v) is 2.13. The lowest BCUT2D eigenvalue weighted by Gasteiger charge is -2.33. The Balaban J connectivity index is 1.98. The normalized spacial score (nSPS) is 28.7. The zero-order valence-corrected chi connectivity index (χ0v) is 10.3. The van der Waals surface area contributed by atoms with E-state index in [2.05, 4.69) is 19.2 Å². The molecular weight excluding hydrogens is 214 g/mol. The monoisotopic (exact) mass is 233 g/mol. The third-order valence-electron chi connectivity index (χ3n) is 3.28. The zero-order chi connectivity index (χ0) is 12.3. The van der Waals surface area contributed by atoms with Crippen LogP contribution in [-0.2, 0) is 4.74 Å². The van der Waals surface area contributed by atoms with Crippen molar-refractivity contribution >= 4 is 5.97 Å². The average molecular weight is 233 g/mol. The maximum absolute atomic E-state index is 11.9. The van der Waals surface area contributed by atoms with Crippen LogP contribution in [0.1, 0.15) is 30.6 Å². The molecule has 0 bridgehead atoms. The first kappa shape index (κ1) is 12.1. The van der Waals surface area contributed by atoms with Crippen molar-refractivity contribution in [3.8, 4) is 0 Å². The van der Waals surface area contributed by atoms with Gasteiger partial charge in [0, 0.05) is 18.5 Å². The van der Waals surface area contributed by atoms with E-state index in [1.807, 2.05) is 18.2 Å². The quantitative estimate of drug-likeness (QED) is 0.796. The van der Waals surface area contributed by atoms with Crippen molar-refractivity contribution in [2.24, 2.45) is 5.92 Å². The number of piperidine rings is 1. The Kier molecular flexibility index (Phi) is 3.79. The summed E-state index contributed by atoms with van der Waals surface area (Å²) in [6, 6.07) is 9.59. The molecule has 3 nitrogen and oxygen atoms in total.